The Balaban J connectivity index is 1.73. The Bertz CT molecular complexity index is 665. The Kier molecular flexibility index (Phi) is 5.05. The van der Waals surface area contributed by atoms with Gasteiger partial charge in [-0.3, -0.25) is 4.79 Å². The lowest BCUT2D eigenvalue weighted by atomic mass is 10.1. The van der Waals surface area contributed by atoms with Crippen LogP contribution in [0, 0.1) is 6.92 Å². The summed E-state index contributed by atoms with van der Waals surface area (Å²) in [6.45, 7) is 4.09. The third-order valence-electron chi connectivity index (χ3n) is 4.47. The van der Waals surface area contributed by atoms with Crippen LogP contribution in [0.2, 0.25) is 0 Å². The molecule has 8 heteroatoms. The van der Waals surface area contributed by atoms with E-state index < -0.39 is 16.1 Å². The van der Waals surface area contributed by atoms with Gasteiger partial charge in [-0.1, -0.05) is 0 Å². The van der Waals surface area contributed by atoms with E-state index in [0.717, 1.165) is 37.2 Å². The smallest absolute Gasteiger partial charge is 0.253 e. The highest BCUT2D eigenvalue weighted by Crippen LogP contribution is 2.30. The molecule has 128 valence electrons. The highest BCUT2D eigenvalue weighted by Gasteiger charge is 2.40. The number of piperidine rings is 1. The largest absolute Gasteiger partial charge is 0.352 e. The van der Waals surface area contributed by atoms with E-state index in [1.54, 1.807) is 12.1 Å². The second-order valence-electron chi connectivity index (χ2n) is 6.17. The van der Waals surface area contributed by atoms with Crippen molar-refractivity contribution in [1.29, 1.82) is 0 Å². The minimum atomic E-state index is -3.57. The predicted octanol–water partition coefficient (Wildman–Crippen LogP) is 1.08. The van der Waals surface area contributed by atoms with Crippen LogP contribution >= 0.6 is 11.3 Å². The standard InChI is InChI=1S/C15H23N3O3S2/c1-11-4-5-14(22-11)23(20,21)18-10-2-3-13(18)15(19)17-12-6-8-16-9-7-12/h4-5,12-13,16H,2-3,6-10H2,1H3,(H,17,19). The molecule has 0 spiro atoms. The maximum atomic E-state index is 12.8. The number of sulfonamides is 1. The zero-order valence-corrected chi connectivity index (χ0v) is 14.9. The number of nitrogens with one attached hydrogen (secondary N) is 2. The summed E-state index contributed by atoms with van der Waals surface area (Å²) in [5.74, 6) is -0.147. The molecule has 2 fully saturated rings. The van der Waals surface area contributed by atoms with Gasteiger partial charge in [0.15, 0.2) is 0 Å². The van der Waals surface area contributed by atoms with Crippen LogP contribution in [0.1, 0.15) is 30.6 Å². The molecular formula is C15H23N3O3S2. The van der Waals surface area contributed by atoms with Crippen molar-refractivity contribution in [3.8, 4) is 0 Å². The predicted molar refractivity (Wildman–Crippen MR) is 90.0 cm³/mol. The number of aryl methyl sites for hydroxylation is 1. The first-order valence-corrected chi connectivity index (χ1v) is 10.3. The molecule has 2 aliphatic heterocycles. The van der Waals surface area contributed by atoms with Crippen molar-refractivity contribution in [3.05, 3.63) is 17.0 Å². The number of thiophene rings is 1. The molecule has 2 saturated heterocycles. The molecule has 0 aliphatic carbocycles. The van der Waals surface area contributed by atoms with Crippen molar-refractivity contribution in [3.63, 3.8) is 0 Å². The van der Waals surface area contributed by atoms with Crippen molar-refractivity contribution < 1.29 is 13.2 Å². The van der Waals surface area contributed by atoms with Gasteiger partial charge in [-0.05, 0) is 57.8 Å². The van der Waals surface area contributed by atoms with Crippen LogP contribution < -0.4 is 10.6 Å². The van der Waals surface area contributed by atoms with E-state index in [9.17, 15) is 13.2 Å². The number of carbonyl (C=O) groups excluding carboxylic acids is 1. The van der Waals surface area contributed by atoms with Crippen LogP contribution in [0.4, 0.5) is 0 Å². The van der Waals surface area contributed by atoms with E-state index >= 15 is 0 Å². The van der Waals surface area contributed by atoms with Gasteiger partial charge in [-0.2, -0.15) is 4.31 Å². The summed E-state index contributed by atoms with van der Waals surface area (Å²) in [4.78, 5) is 13.5. The number of nitrogens with zero attached hydrogens (tertiary/aromatic N) is 1. The Morgan fingerprint density at radius 3 is 2.70 bits per heavy atom. The van der Waals surface area contributed by atoms with Crippen molar-refractivity contribution in [2.45, 2.75) is 48.9 Å². The maximum Gasteiger partial charge on any atom is 0.253 e. The van der Waals surface area contributed by atoms with Crippen LogP contribution in [0.25, 0.3) is 0 Å². The van der Waals surface area contributed by atoms with Gasteiger partial charge < -0.3 is 10.6 Å². The topological polar surface area (TPSA) is 78.5 Å². The molecule has 1 unspecified atom stereocenters. The van der Waals surface area contributed by atoms with E-state index in [1.165, 1.54) is 15.6 Å². The summed E-state index contributed by atoms with van der Waals surface area (Å²) < 4.78 is 27.3. The van der Waals surface area contributed by atoms with Crippen LogP contribution in [0.15, 0.2) is 16.3 Å². The lowest BCUT2D eigenvalue weighted by Crippen LogP contribution is -2.50. The zero-order chi connectivity index (χ0) is 16.4. The maximum absolute atomic E-state index is 12.8. The number of rotatable bonds is 4. The van der Waals surface area contributed by atoms with Gasteiger partial charge in [0.25, 0.3) is 10.0 Å². The number of hydrogen-bond donors (Lipinski definition) is 2. The highest BCUT2D eigenvalue weighted by molar-refractivity contribution is 7.91. The SMILES string of the molecule is Cc1ccc(S(=O)(=O)N2CCCC2C(=O)NC2CCNCC2)s1. The minimum absolute atomic E-state index is 0.147. The molecule has 23 heavy (non-hydrogen) atoms. The summed E-state index contributed by atoms with van der Waals surface area (Å²) in [5, 5.41) is 6.30. The molecule has 0 saturated carbocycles. The molecule has 3 heterocycles. The molecule has 6 nitrogen and oxygen atoms in total. The van der Waals surface area contributed by atoms with Crippen LogP contribution in [0.3, 0.4) is 0 Å². The molecule has 0 radical (unpaired) electrons. The van der Waals surface area contributed by atoms with Crippen molar-refractivity contribution >= 4 is 27.3 Å². The average Bonchev–Trinajstić information content (AvgIpc) is 3.17. The summed E-state index contributed by atoms with van der Waals surface area (Å²) in [5.41, 5.74) is 0. The lowest BCUT2D eigenvalue weighted by Gasteiger charge is -2.28. The summed E-state index contributed by atoms with van der Waals surface area (Å²) in [6.07, 6.45) is 3.12. The molecule has 3 rings (SSSR count). The normalized spacial score (nSPS) is 24.0. The Hall–Kier alpha value is -0.960. The lowest BCUT2D eigenvalue weighted by molar-refractivity contribution is -0.125. The quantitative estimate of drug-likeness (QED) is 0.845. The Labute approximate surface area is 141 Å². The molecule has 1 amide bonds. The average molecular weight is 358 g/mol. The van der Waals surface area contributed by atoms with Crippen molar-refractivity contribution in [2.24, 2.45) is 0 Å². The van der Waals surface area contributed by atoms with Crippen LogP contribution in [0.5, 0.6) is 0 Å². The molecule has 1 aromatic heterocycles. The van der Waals surface area contributed by atoms with Crippen LogP contribution in [-0.2, 0) is 14.8 Å². The Morgan fingerprint density at radius 2 is 2.04 bits per heavy atom. The molecule has 1 aromatic rings. The third-order valence-corrected chi connectivity index (χ3v) is 7.85. The van der Waals surface area contributed by atoms with Crippen LogP contribution in [-0.4, -0.2) is 50.3 Å². The molecule has 0 bridgehead atoms. The van der Waals surface area contributed by atoms with Gasteiger partial charge in [0, 0.05) is 17.5 Å². The first-order chi connectivity index (χ1) is 11.0. The first kappa shape index (κ1) is 16.9. The number of carbonyl (C=O) groups is 1. The monoisotopic (exact) mass is 357 g/mol. The number of hydrogen-bond acceptors (Lipinski definition) is 5. The van der Waals surface area contributed by atoms with E-state index in [1.807, 2.05) is 6.92 Å². The highest BCUT2D eigenvalue weighted by atomic mass is 32.2. The molecular weight excluding hydrogens is 334 g/mol. The van der Waals surface area contributed by atoms with Gasteiger partial charge in [-0.25, -0.2) is 8.42 Å². The summed E-state index contributed by atoms with van der Waals surface area (Å²) >= 11 is 1.26. The molecule has 0 aromatic carbocycles. The fourth-order valence-electron chi connectivity index (χ4n) is 3.22. The summed E-state index contributed by atoms with van der Waals surface area (Å²) in [7, 11) is -3.57. The first-order valence-electron chi connectivity index (χ1n) is 8.08. The van der Waals surface area contributed by atoms with Crippen molar-refractivity contribution in [1.82, 2.24) is 14.9 Å². The van der Waals surface area contributed by atoms with Gasteiger partial charge in [-0.15, -0.1) is 11.3 Å². The van der Waals surface area contributed by atoms with E-state index in [-0.39, 0.29) is 11.9 Å². The fourth-order valence-corrected chi connectivity index (χ4v) is 6.29. The third kappa shape index (κ3) is 3.60. The molecule has 2 N–H and O–H groups in total. The zero-order valence-electron chi connectivity index (χ0n) is 13.2. The fraction of sp³-hybridized carbons (Fsp3) is 0.667. The van der Waals surface area contributed by atoms with Gasteiger partial charge >= 0.3 is 0 Å². The molecule has 1 atom stereocenters. The number of amides is 1. The minimum Gasteiger partial charge on any atom is -0.352 e. The van der Waals surface area contributed by atoms with E-state index in [2.05, 4.69) is 10.6 Å². The Morgan fingerprint density at radius 1 is 1.30 bits per heavy atom. The van der Waals surface area contributed by atoms with E-state index in [0.29, 0.717) is 17.2 Å². The van der Waals surface area contributed by atoms with Gasteiger partial charge in [0.05, 0.1) is 0 Å². The second-order valence-corrected chi connectivity index (χ2v) is 9.58. The molecule has 2 aliphatic rings. The second kappa shape index (κ2) is 6.88. The van der Waals surface area contributed by atoms with Gasteiger partial charge in [0.1, 0.15) is 10.3 Å². The summed E-state index contributed by atoms with van der Waals surface area (Å²) in [6, 6.07) is 3.02. The van der Waals surface area contributed by atoms with Crippen molar-refractivity contribution in [2.75, 3.05) is 19.6 Å². The van der Waals surface area contributed by atoms with E-state index in [4.69, 9.17) is 0 Å². The van der Waals surface area contributed by atoms with Gasteiger partial charge in [0.2, 0.25) is 5.91 Å².